The summed E-state index contributed by atoms with van der Waals surface area (Å²) in [5.41, 5.74) is -0.397. The second-order valence-corrected chi connectivity index (χ2v) is 4.77. The molecule has 0 bridgehead atoms. The molecule has 1 heterocycles. The van der Waals surface area contributed by atoms with Crippen LogP contribution in [0.25, 0.3) is 5.69 Å². The summed E-state index contributed by atoms with van der Waals surface area (Å²) in [6.07, 6.45) is 5.01. The molecular formula is C15H13F2NO4. The average molecular weight is 309 g/mol. The molecule has 7 heteroatoms. The highest BCUT2D eigenvalue weighted by Gasteiger charge is 2.23. The van der Waals surface area contributed by atoms with Gasteiger partial charge in [0.2, 0.25) is 5.88 Å². The minimum atomic E-state index is -1.06. The lowest BCUT2D eigenvalue weighted by molar-refractivity contribution is 0.345. The van der Waals surface area contributed by atoms with Crippen LogP contribution in [0.2, 0.25) is 0 Å². The van der Waals surface area contributed by atoms with Crippen molar-refractivity contribution >= 4 is 0 Å². The van der Waals surface area contributed by atoms with Gasteiger partial charge in [0.25, 0.3) is 0 Å². The van der Waals surface area contributed by atoms with Crippen LogP contribution < -0.4 is 10.5 Å². The molecule has 0 aliphatic carbocycles. The Balaban J connectivity index is 2.63. The first-order valence-electron chi connectivity index (χ1n) is 6.37. The van der Waals surface area contributed by atoms with Gasteiger partial charge >= 0.3 is 5.76 Å². The van der Waals surface area contributed by atoms with Crippen molar-refractivity contribution in [2.75, 3.05) is 6.61 Å². The fraction of sp³-hybridized carbons (Fsp3) is 0.267. The van der Waals surface area contributed by atoms with Crippen molar-refractivity contribution < 1.29 is 23.0 Å². The van der Waals surface area contributed by atoms with Gasteiger partial charge in [-0.05, 0) is 0 Å². The Kier molecular flexibility index (Phi) is 4.22. The second kappa shape index (κ2) is 5.93. The van der Waals surface area contributed by atoms with Gasteiger partial charge in [-0.15, -0.1) is 6.42 Å². The number of benzene rings is 1. The molecule has 2 rings (SSSR count). The summed E-state index contributed by atoms with van der Waals surface area (Å²) in [4.78, 5) is 11.8. The highest BCUT2D eigenvalue weighted by molar-refractivity contribution is 5.44. The lowest BCUT2D eigenvalue weighted by Crippen LogP contribution is -2.13. The molecule has 0 aliphatic rings. The Morgan fingerprint density at radius 1 is 1.41 bits per heavy atom. The fourth-order valence-corrected chi connectivity index (χ4v) is 1.89. The molecule has 0 amide bonds. The lowest BCUT2D eigenvalue weighted by Gasteiger charge is -2.09. The van der Waals surface area contributed by atoms with Gasteiger partial charge in [-0.3, -0.25) is 0 Å². The molecule has 0 saturated heterocycles. The van der Waals surface area contributed by atoms with E-state index in [2.05, 4.69) is 5.92 Å². The first kappa shape index (κ1) is 15.6. The molecule has 1 aromatic heterocycles. The maximum absolute atomic E-state index is 14.0. The Bertz CT molecular complexity index is 799. The molecule has 0 atom stereocenters. The largest absolute Gasteiger partial charge is 0.492 e. The third-order valence-corrected chi connectivity index (χ3v) is 2.89. The molecule has 1 N–H and O–H groups in total. The van der Waals surface area contributed by atoms with E-state index in [0.29, 0.717) is 10.6 Å². The molecule has 116 valence electrons. The summed E-state index contributed by atoms with van der Waals surface area (Å²) in [5.74, 6) is -2.07. The number of hydrogen-bond donors (Lipinski definition) is 1. The minimum absolute atomic E-state index is 0.000168. The fourth-order valence-electron chi connectivity index (χ4n) is 1.89. The van der Waals surface area contributed by atoms with E-state index in [-0.39, 0.29) is 24.0 Å². The maximum Gasteiger partial charge on any atom is 0.426 e. The number of hydrogen-bond acceptors (Lipinski definition) is 4. The summed E-state index contributed by atoms with van der Waals surface area (Å²) in [7, 11) is 0. The zero-order chi connectivity index (χ0) is 16.4. The smallest absolute Gasteiger partial charge is 0.426 e. The zero-order valence-corrected chi connectivity index (χ0v) is 11.9. The number of rotatable bonds is 4. The summed E-state index contributed by atoms with van der Waals surface area (Å²) in [5, 5.41) is 10.0. The van der Waals surface area contributed by atoms with Crippen LogP contribution in [-0.4, -0.2) is 16.3 Å². The van der Waals surface area contributed by atoms with E-state index in [1.54, 1.807) is 13.8 Å². The van der Waals surface area contributed by atoms with E-state index in [1.807, 2.05) is 0 Å². The van der Waals surface area contributed by atoms with E-state index in [0.717, 1.165) is 6.07 Å². The summed E-state index contributed by atoms with van der Waals surface area (Å²) in [6, 6.07) is 1.47. The van der Waals surface area contributed by atoms with Crippen LogP contribution in [0, 0.1) is 24.0 Å². The van der Waals surface area contributed by atoms with Crippen molar-refractivity contribution in [2.24, 2.45) is 0 Å². The van der Waals surface area contributed by atoms with Crippen molar-refractivity contribution in [3.63, 3.8) is 0 Å². The molecule has 0 saturated carbocycles. The summed E-state index contributed by atoms with van der Waals surface area (Å²) in [6.45, 7) is 3.14. The van der Waals surface area contributed by atoms with Crippen LogP contribution in [0.1, 0.15) is 25.5 Å². The number of aromatic hydroxyl groups is 1. The van der Waals surface area contributed by atoms with Gasteiger partial charge in [0.1, 0.15) is 6.61 Å². The predicted molar refractivity (Wildman–Crippen MR) is 74.3 cm³/mol. The van der Waals surface area contributed by atoms with Gasteiger partial charge in [-0.2, -0.15) is 0 Å². The van der Waals surface area contributed by atoms with E-state index < -0.39 is 29.0 Å². The first-order valence-corrected chi connectivity index (χ1v) is 6.37. The lowest BCUT2D eigenvalue weighted by atomic mass is 10.2. The van der Waals surface area contributed by atoms with Crippen molar-refractivity contribution in [3.8, 4) is 29.7 Å². The normalized spacial score (nSPS) is 10.7. The highest BCUT2D eigenvalue weighted by Crippen LogP contribution is 2.30. The van der Waals surface area contributed by atoms with Crippen LogP contribution in [0.15, 0.2) is 21.3 Å². The second-order valence-electron chi connectivity index (χ2n) is 4.77. The van der Waals surface area contributed by atoms with Crippen LogP contribution in [0.3, 0.4) is 0 Å². The molecular weight excluding hydrogens is 296 g/mol. The van der Waals surface area contributed by atoms with Crippen molar-refractivity contribution in [1.29, 1.82) is 0 Å². The standard InChI is InChI=1S/C15H13F2NO4/c1-4-5-21-12-7-11(9(16)6-10(12)17)18-14(19)13(8(2)3)22-15(18)20/h1,6-8,19H,5H2,2-3H3. The van der Waals surface area contributed by atoms with E-state index in [1.165, 1.54) is 0 Å². The molecule has 2 aromatic rings. The Hall–Kier alpha value is -2.75. The van der Waals surface area contributed by atoms with Gasteiger partial charge in [-0.1, -0.05) is 19.8 Å². The minimum Gasteiger partial charge on any atom is -0.492 e. The molecule has 1 aromatic carbocycles. The van der Waals surface area contributed by atoms with Gasteiger partial charge in [0, 0.05) is 18.1 Å². The van der Waals surface area contributed by atoms with Crippen LogP contribution in [0.5, 0.6) is 11.6 Å². The van der Waals surface area contributed by atoms with Crippen LogP contribution >= 0.6 is 0 Å². The van der Waals surface area contributed by atoms with Gasteiger partial charge in [0.15, 0.2) is 23.1 Å². The first-order chi connectivity index (χ1) is 10.4. The van der Waals surface area contributed by atoms with E-state index >= 15 is 0 Å². The molecule has 0 fully saturated rings. The summed E-state index contributed by atoms with van der Waals surface area (Å²) < 4.78 is 38.0. The van der Waals surface area contributed by atoms with Gasteiger partial charge in [-0.25, -0.2) is 18.1 Å². The van der Waals surface area contributed by atoms with Crippen LogP contribution in [0.4, 0.5) is 8.78 Å². The number of aromatic nitrogens is 1. The number of oxazole rings is 1. The van der Waals surface area contributed by atoms with Crippen molar-refractivity contribution in [3.05, 3.63) is 40.1 Å². The number of halogens is 2. The SMILES string of the molecule is C#CCOc1cc(-n2c(O)c(C(C)C)oc2=O)c(F)cc1F. The Morgan fingerprint density at radius 3 is 2.64 bits per heavy atom. The quantitative estimate of drug-likeness (QED) is 0.882. The van der Waals surface area contributed by atoms with Crippen molar-refractivity contribution in [2.45, 2.75) is 19.8 Å². The monoisotopic (exact) mass is 309 g/mol. The average Bonchev–Trinajstić information content (AvgIpc) is 2.74. The number of nitrogens with zero attached hydrogens (tertiary/aromatic N) is 1. The molecule has 22 heavy (non-hydrogen) atoms. The third kappa shape index (κ3) is 2.68. The number of terminal acetylenes is 1. The van der Waals surface area contributed by atoms with Gasteiger partial charge in [0.05, 0.1) is 5.69 Å². The van der Waals surface area contributed by atoms with E-state index in [4.69, 9.17) is 15.6 Å². The third-order valence-electron chi connectivity index (χ3n) is 2.89. The highest BCUT2D eigenvalue weighted by atomic mass is 19.1. The Labute approximate surface area is 124 Å². The Morgan fingerprint density at radius 2 is 2.09 bits per heavy atom. The molecule has 0 aliphatic heterocycles. The maximum atomic E-state index is 14.0. The summed E-state index contributed by atoms with van der Waals surface area (Å²) >= 11 is 0. The molecule has 0 unspecified atom stereocenters. The molecule has 5 nitrogen and oxygen atoms in total. The molecule has 0 radical (unpaired) electrons. The zero-order valence-electron chi connectivity index (χ0n) is 11.9. The number of ether oxygens (including phenoxy) is 1. The predicted octanol–water partition coefficient (Wildman–Crippen LogP) is 2.55. The topological polar surface area (TPSA) is 64.6 Å². The van der Waals surface area contributed by atoms with Crippen molar-refractivity contribution in [1.82, 2.24) is 4.57 Å². The van der Waals surface area contributed by atoms with Gasteiger partial charge < -0.3 is 14.3 Å². The molecule has 0 spiro atoms. The van der Waals surface area contributed by atoms with Crippen LogP contribution in [-0.2, 0) is 0 Å². The van der Waals surface area contributed by atoms with E-state index in [9.17, 15) is 18.7 Å².